The topological polar surface area (TPSA) is 167 Å². The van der Waals surface area contributed by atoms with Gasteiger partial charge in [-0.05, 0) is 39.0 Å². The summed E-state index contributed by atoms with van der Waals surface area (Å²) in [6.07, 6.45) is 0. The van der Waals surface area contributed by atoms with Crippen LogP contribution in [0.4, 0.5) is 0 Å². The minimum atomic E-state index is -3.87. The Morgan fingerprint density at radius 2 is 1.42 bits per heavy atom. The smallest absolute Gasteiger partial charge is 0.346 e. The zero-order valence-corrected chi connectivity index (χ0v) is 28.8. The fourth-order valence-corrected chi connectivity index (χ4v) is 10.9. The van der Waals surface area contributed by atoms with E-state index in [4.69, 9.17) is 32.3 Å². The van der Waals surface area contributed by atoms with E-state index in [2.05, 4.69) is 0 Å². The monoisotopic (exact) mass is 686 g/mol. The number of ether oxygens (including phenoxy) is 3. The highest BCUT2D eigenvalue weighted by molar-refractivity contribution is 8.00. The summed E-state index contributed by atoms with van der Waals surface area (Å²) in [5.41, 5.74) is -1.21. The highest BCUT2D eigenvalue weighted by Crippen LogP contribution is 2.69. The zero-order chi connectivity index (χ0) is 33.7. The van der Waals surface area contributed by atoms with Crippen molar-refractivity contribution in [2.75, 3.05) is 46.6 Å². The largest absolute Gasteiger partial charge is 0.492 e. The molecule has 45 heavy (non-hydrogen) atoms. The number of hydrogen-bond donors (Lipinski definition) is 0. The van der Waals surface area contributed by atoms with E-state index >= 15 is 0 Å². The molecule has 2 aromatic carbocycles. The van der Waals surface area contributed by atoms with E-state index in [9.17, 15) is 28.3 Å². The van der Waals surface area contributed by atoms with Crippen molar-refractivity contribution in [1.29, 1.82) is 0 Å². The average Bonchev–Trinajstić information content (AvgIpc) is 2.99. The van der Waals surface area contributed by atoms with Crippen LogP contribution in [0.15, 0.2) is 30.3 Å². The van der Waals surface area contributed by atoms with E-state index in [1.54, 1.807) is 26.8 Å². The Morgan fingerprint density at radius 3 is 1.96 bits per heavy atom. The lowest BCUT2D eigenvalue weighted by Crippen LogP contribution is -2.26. The second-order valence-corrected chi connectivity index (χ2v) is 17.0. The van der Waals surface area contributed by atoms with E-state index in [0.29, 0.717) is 0 Å². The first-order chi connectivity index (χ1) is 21.1. The second-order valence-electron chi connectivity index (χ2n) is 10.5. The van der Waals surface area contributed by atoms with Gasteiger partial charge in [0.1, 0.15) is 17.1 Å². The van der Waals surface area contributed by atoms with Crippen LogP contribution in [0.1, 0.15) is 69.9 Å². The summed E-state index contributed by atoms with van der Waals surface area (Å²) < 4.78 is 63.0. The molecule has 246 valence electrons. The average molecular weight is 687 g/mol. The molecule has 0 saturated carbocycles. The van der Waals surface area contributed by atoms with Crippen LogP contribution in [0.2, 0.25) is 0 Å². The summed E-state index contributed by atoms with van der Waals surface area (Å²) in [7, 11) is -3.07. The summed E-state index contributed by atoms with van der Waals surface area (Å²) >= 11 is 1.20. The van der Waals surface area contributed by atoms with Gasteiger partial charge in [-0.2, -0.15) is 11.8 Å². The molecule has 0 heterocycles. The van der Waals surface area contributed by atoms with Gasteiger partial charge in [0.2, 0.25) is 5.78 Å². The number of fused-ring (bicyclic) bond motifs is 2. The molecule has 16 heteroatoms. The maximum atomic E-state index is 13.9. The number of thioether (sulfide) groups is 1. The van der Waals surface area contributed by atoms with Gasteiger partial charge in [0.15, 0.2) is 11.2 Å². The number of ketones is 2. The van der Waals surface area contributed by atoms with Gasteiger partial charge in [-0.25, -0.2) is 4.79 Å². The molecule has 0 N–H and O–H groups in total. The lowest BCUT2D eigenvalue weighted by atomic mass is 9.82. The number of hydrogen-bond acceptors (Lipinski definition) is 14. The van der Waals surface area contributed by atoms with Gasteiger partial charge in [0.05, 0.1) is 23.3 Å². The van der Waals surface area contributed by atoms with Crippen molar-refractivity contribution in [3.8, 4) is 11.5 Å². The van der Waals surface area contributed by atoms with Gasteiger partial charge in [-0.3, -0.25) is 23.5 Å². The lowest BCUT2D eigenvalue weighted by Gasteiger charge is -2.28. The van der Waals surface area contributed by atoms with Gasteiger partial charge in [-0.1, -0.05) is 12.1 Å². The standard InChI is InChI=1S/C29H36O13P2S/c1-17(30)41-22-15-18(28(33)42-29(2,3)4)14-20-25(22)27(32)24-19(26(20)31)10-9-11-21(24)40-12-13-45-16-23(43(34,36-5)37-6)44(35,38-7)39-8/h9-11,14-15,23H,12-13,16H2,1-8H3. The van der Waals surface area contributed by atoms with Crippen LogP contribution in [0.3, 0.4) is 0 Å². The number of rotatable bonds is 14. The van der Waals surface area contributed by atoms with Crippen molar-refractivity contribution in [1.82, 2.24) is 0 Å². The molecular weight excluding hydrogens is 650 g/mol. The summed E-state index contributed by atoms with van der Waals surface area (Å²) in [5, 5.41) is -1.23. The molecule has 2 aromatic rings. The van der Waals surface area contributed by atoms with Crippen molar-refractivity contribution >= 4 is 50.5 Å². The third-order valence-electron chi connectivity index (χ3n) is 6.46. The fraction of sp³-hybridized carbons (Fsp3) is 0.448. The van der Waals surface area contributed by atoms with E-state index in [1.807, 2.05) is 0 Å². The van der Waals surface area contributed by atoms with Crippen molar-refractivity contribution in [3.63, 3.8) is 0 Å². The SMILES string of the molecule is COP(=O)(OC)C(CSCCOc1cccc2c1C(=O)c1c(OC(C)=O)cc(C(=O)OC(C)(C)C)cc1C2=O)P(=O)(OC)OC. The minimum absolute atomic E-state index is 0.00924. The Balaban J connectivity index is 1.88. The van der Waals surface area contributed by atoms with E-state index < -0.39 is 49.7 Å². The number of carbonyl (C=O) groups is 4. The Morgan fingerprint density at radius 1 is 0.844 bits per heavy atom. The zero-order valence-electron chi connectivity index (χ0n) is 26.2. The molecule has 3 rings (SSSR count). The molecule has 0 spiro atoms. The molecule has 0 radical (unpaired) electrons. The van der Waals surface area contributed by atoms with E-state index in [0.717, 1.165) is 6.92 Å². The van der Waals surface area contributed by atoms with Gasteiger partial charge in [0, 0.05) is 58.0 Å². The predicted molar refractivity (Wildman–Crippen MR) is 166 cm³/mol. The minimum Gasteiger partial charge on any atom is -0.492 e. The number of benzene rings is 2. The van der Waals surface area contributed by atoms with Gasteiger partial charge >= 0.3 is 27.1 Å². The molecule has 0 unspecified atom stereocenters. The van der Waals surface area contributed by atoms with E-state index in [-0.39, 0.29) is 57.4 Å². The van der Waals surface area contributed by atoms with E-state index in [1.165, 1.54) is 64.5 Å². The Labute approximate surface area is 265 Å². The van der Waals surface area contributed by atoms with Crippen molar-refractivity contribution in [3.05, 3.63) is 58.1 Å². The first-order valence-corrected chi connectivity index (χ1v) is 17.9. The van der Waals surface area contributed by atoms with Crippen LogP contribution < -0.4 is 9.47 Å². The normalized spacial score (nSPS) is 13.4. The maximum absolute atomic E-state index is 13.9. The summed E-state index contributed by atoms with van der Waals surface area (Å²) in [6.45, 7) is 6.17. The van der Waals surface area contributed by atoms with Gasteiger partial charge < -0.3 is 32.3 Å². The summed E-state index contributed by atoms with van der Waals surface area (Å²) in [6, 6.07) is 6.95. The summed E-state index contributed by atoms with van der Waals surface area (Å²) in [4.78, 5) is 52.3. The Kier molecular flexibility index (Phi) is 12.0. The van der Waals surface area contributed by atoms with Crippen molar-refractivity contribution in [2.24, 2.45) is 0 Å². The van der Waals surface area contributed by atoms with Crippen LogP contribution in [0.5, 0.6) is 11.5 Å². The van der Waals surface area contributed by atoms with Crippen LogP contribution in [-0.4, -0.2) is 81.1 Å². The first kappa shape index (κ1) is 36.6. The number of esters is 2. The molecule has 0 bridgehead atoms. The molecule has 0 saturated heterocycles. The molecule has 13 nitrogen and oxygen atoms in total. The molecular formula is C29H36O13P2S. The molecule has 1 aliphatic rings. The molecule has 0 amide bonds. The maximum Gasteiger partial charge on any atom is 0.346 e. The van der Waals surface area contributed by atoms with Crippen LogP contribution >= 0.6 is 27.0 Å². The van der Waals surface area contributed by atoms with Crippen molar-refractivity contribution < 1.29 is 60.6 Å². The highest BCUT2D eigenvalue weighted by atomic mass is 32.2. The highest BCUT2D eigenvalue weighted by Gasteiger charge is 2.49. The predicted octanol–water partition coefficient (Wildman–Crippen LogP) is 5.75. The van der Waals surface area contributed by atoms with Gasteiger partial charge in [0.25, 0.3) is 0 Å². The Bertz CT molecular complexity index is 1540. The molecule has 1 aliphatic carbocycles. The molecule has 0 aromatic heterocycles. The summed E-state index contributed by atoms with van der Waals surface area (Å²) in [5.74, 6) is -2.66. The fourth-order valence-electron chi connectivity index (χ4n) is 4.45. The van der Waals surface area contributed by atoms with Crippen LogP contribution in [0.25, 0.3) is 0 Å². The second kappa shape index (κ2) is 14.7. The quantitative estimate of drug-likeness (QED) is 0.0870. The molecule has 0 aliphatic heterocycles. The lowest BCUT2D eigenvalue weighted by molar-refractivity contribution is -0.131. The Hall–Kier alpha value is -2.83. The van der Waals surface area contributed by atoms with Gasteiger partial charge in [-0.15, -0.1) is 0 Å². The van der Waals surface area contributed by atoms with Crippen molar-refractivity contribution in [2.45, 2.75) is 38.7 Å². The van der Waals surface area contributed by atoms with Crippen LogP contribution in [-0.2, 0) is 36.8 Å². The third kappa shape index (κ3) is 8.13. The molecule has 0 atom stereocenters. The van der Waals surface area contributed by atoms with Crippen LogP contribution in [0, 0.1) is 0 Å². The number of carbonyl (C=O) groups excluding carboxylic acids is 4. The molecule has 0 fully saturated rings. The third-order valence-corrected chi connectivity index (χ3v) is 13.5. The first-order valence-electron chi connectivity index (χ1n) is 13.5.